The van der Waals surface area contributed by atoms with Crippen molar-refractivity contribution in [1.82, 2.24) is 15.0 Å². The molecule has 0 saturated carbocycles. The van der Waals surface area contributed by atoms with Crippen LogP contribution < -0.4 is 10.0 Å². The second-order valence-corrected chi connectivity index (χ2v) is 6.95. The lowest BCUT2D eigenvalue weighted by Gasteiger charge is -2.05. The monoisotopic (exact) mass is 291 g/mol. The fourth-order valence-electron chi connectivity index (χ4n) is 1.45. The molecule has 104 valence electrons. The Kier molecular flexibility index (Phi) is 6.77. The number of rotatable bonds is 9. The van der Waals surface area contributed by atoms with Gasteiger partial charge in [0.05, 0.1) is 12.3 Å². The summed E-state index contributed by atoms with van der Waals surface area (Å²) in [6.45, 7) is 6.03. The van der Waals surface area contributed by atoms with E-state index < -0.39 is 10.0 Å². The van der Waals surface area contributed by atoms with Gasteiger partial charge in [-0.2, -0.15) is 0 Å². The van der Waals surface area contributed by atoms with E-state index in [1.165, 1.54) is 11.3 Å². The fourth-order valence-corrected chi connectivity index (χ4v) is 3.33. The van der Waals surface area contributed by atoms with Crippen molar-refractivity contribution in [2.24, 2.45) is 0 Å². The number of hydrogen-bond donors (Lipinski definition) is 2. The van der Waals surface area contributed by atoms with E-state index in [1.54, 1.807) is 0 Å². The molecule has 0 atom stereocenters. The summed E-state index contributed by atoms with van der Waals surface area (Å²) >= 11 is 1.48. The lowest BCUT2D eigenvalue weighted by molar-refractivity contribution is 0.574. The van der Waals surface area contributed by atoms with Crippen molar-refractivity contribution in [2.45, 2.75) is 33.2 Å². The van der Waals surface area contributed by atoms with E-state index in [-0.39, 0.29) is 5.75 Å². The third kappa shape index (κ3) is 6.44. The number of nitrogens with one attached hydrogen (secondary N) is 2. The van der Waals surface area contributed by atoms with Crippen LogP contribution in [0.15, 0.2) is 5.38 Å². The summed E-state index contributed by atoms with van der Waals surface area (Å²) in [5.41, 5.74) is 0.930. The molecule has 5 nitrogen and oxygen atoms in total. The molecule has 2 N–H and O–H groups in total. The summed E-state index contributed by atoms with van der Waals surface area (Å²) in [6.07, 6.45) is 1.56. The molecular weight excluding hydrogens is 270 g/mol. The number of sulfonamides is 1. The Hall–Kier alpha value is -0.500. The Bertz CT molecular complexity index is 443. The molecule has 0 radical (unpaired) electrons. The largest absolute Gasteiger partial charge is 0.317 e. The van der Waals surface area contributed by atoms with Gasteiger partial charge in [0.15, 0.2) is 0 Å². The number of unbranched alkanes of at least 4 members (excludes halogenated alkanes) is 1. The molecule has 0 aliphatic rings. The third-order valence-corrected chi connectivity index (χ3v) is 4.75. The molecule has 0 aliphatic carbocycles. The molecule has 0 saturated heterocycles. The Morgan fingerprint density at radius 2 is 2.17 bits per heavy atom. The minimum absolute atomic E-state index is 0.183. The van der Waals surface area contributed by atoms with Crippen molar-refractivity contribution >= 4 is 21.4 Å². The van der Waals surface area contributed by atoms with Crippen LogP contribution in [0.2, 0.25) is 0 Å². The van der Waals surface area contributed by atoms with Crippen molar-refractivity contribution in [3.63, 3.8) is 0 Å². The molecule has 0 amide bonds. The van der Waals surface area contributed by atoms with Gasteiger partial charge in [-0.05, 0) is 32.9 Å². The highest BCUT2D eigenvalue weighted by atomic mass is 32.2. The SMILES string of the molecule is CCNCCCCS(=O)(=O)NCc1nc(C)cs1. The van der Waals surface area contributed by atoms with Gasteiger partial charge >= 0.3 is 0 Å². The molecule has 1 rings (SSSR count). The first-order valence-electron chi connectivity index (χ1n) is 6.12. The summed E-state index contributed by atoms with van der Waals surface area (Å²) in [5, 5.41) is 5.90. The summed E-state index contributed by atoms with van der Waals surface area (Å²) in [6, 6.07) is 0. The first kappa shape index (κ1) is 15.6. The zero-order valence-electron chi connectivity index (χ0n) is 10.9. The topological polar surface area (TPSA) is 71.1 Å². The average Bonchev–Trinajstić information content (AvgIpc) is 2.73. The van der Waals surface area contributed by atoms with Gasteiger partial charge in [-0.1, -0.05) is 6.92 Å². The summed E-state index contributed by atoms with van der Waals surface area (Å²) in [5.74, 6) is 0.183. The van der Waals surface area contributed by atoms with Crippen molar-refractivity contribution in [3.05, 3.63) is 16.1 Å². The number of aromatic nitrogens is 1. The van der Waals surface area contributed by atoms with E-state index in [0.717, 1.165) is 30.2 Å². The first-order chi connectivity index (χ1) is 8.53. The number of nitrogens with zero attached hydrogens (tertiary/aromatic N) is 1. The number of thiazole rings is 1. The highest BCUT2D eigenvalue weighted by Gasteiger charge is 2.10. The van der Waals surface area contributed by atoms with E-state index in [4.69, 9.17) is 0 Å². The van der Waals surface area contributed by atoms with Crippen LogP contribution in [0.3, 0.4) is 0 Å². The van der Waals surface area contributed by atoms with Crippen LogP contribution in [-0.2, 0) is 16.6 Å². The summed E-state index contributed by atoms with van der Waals surface area (Å²) in [7, 11) is -3.17. The van der Waals surface area contributed by atoms with Crippen molar-refractivity contribution in [1.29, 1.82) is 0 Å². The molecule has 0 bridgehead atoms. The van der Waals surface area contributed by atoms with Gasteiger partial charge in [0.2, 0.25) is 10.0 Å². The molecule has 1 aromatic rings. The molecule has 7 heteroatoms. The highest BCUT2D eigenvalue weighted by Crippen LogP contribution is 2.08. The summed E-state index contributed by atoms with van der Waals surface area (Å²) in [4.78, 5) is 4.22. The zero-order valence-corrected chi connectivity index (χ0v) is 12.5. The van der Waals surface area contributed by atoms with Gasteiger partial charge in [0.25, 0.3) is 0 Å². The maximum atomic E-state index is 11.7. The minimum Gasteiger partial charge on any atom is -0.317 e. The molecule has 0 unspecified atom stereocenters. The molecule has 18 heavy (non-hydrogen) atoms. The van der Waals surface area contributed by atoms with Gasteiger partial charge in [0, 0.05) is 11.1 Å². The third-order valence-electron chi connectivity index (χ3n) is 2.38. The van der Waals surface area contributed by atoms with Crippen LogP contribution in [0.4, 0.5) is 0 Å². The van der Waals surface area contributed by atoms with Crippen molar-refractivity contribution in [3.8, 4) is 0 Å². The second kappa shape index (κ2) is 7.83. The fraction of sp³-hybridized carbons (Fsp3) is 0.727. The average molecular weight is 291 g/mol. The molecule has 0 aromatic carbocycles. The molecule has 0 fully saturated rings. The van der Waals surface area contributed by atoms with E-state index in [2.05, 4.69) is 15.0 Å². The van der Waals surface area contributed by atoms with Crippen LogP contribution in [0.25, 0.3) is 0 Å². The first-order valence-corrected chi connectivity index (χ1v) is 8.66. The van der Waals surface area contributed by atoms with Crippen LogP contribution in [0, 0.1) is 6.92 Å². The van der Waals surface area contributed by atoms with Crippen LogP contribution in [0.5, 0.6) is 0 Å². The molecule has 0 spiro atoms. The molecule has 1 aromatic heterocycles. The lowest BCUT2D eigenvalue weighted by atomic mass is 10.3. The predicted molar refractivity (Wildman–Crippen MR) is 75.3 cm³/mol. The quantitative estimate of drug-likeness (QED) is 0.672. The van der Waals surface area contributed by atoms with Crippen LogP contribution in [-0.4, -0.2) is 32.2 Å². The van der Waals surface area contributed by atoms with Crippen molar-refractivity contribution < 1.29 is 8.42 Å². The Labute approximate surface area is 113 Å². The molecular formula is C11H21N3O2S2. The van der Waals surface area contributed by atoms with E-state index >= 15 is 0 Å². The van der Waals surface area contributed by atoms with Gasteiger partial charge in [-0.3, -0.25) is 0 Å². The minimum atomic E-state index is -3.17. The molecule has 1 heterocycles. The van der Waals surface area contributed by atoms with Crippen LogP contribution >= 0.6 is 11.3 Å². The normalized spacial score (nSPS) is 11.9. The van der Waals surface area contributed by atoms with E-state index in [0.29, 0.717) is 13.0 Å². The number of aryl methyl sites for hydroxylation is 1. The highest BCUT2D eigenvalue weighted by molar-refractivity contribution is 7.89. The number of hydrogen-bond acceptors (Lipinski definition) is 5. The summed E-state index contributed by atoms with van der Waals surface area (Å²) < 4.78 is 26.0. The lowest BCUT2D eigenvalue weighted by Crippen LogP contribution is -2.26. The van der Waals surface area contributed by atoms with E-state index in [9.17, 15) is 8.42 Å². The Morgan fingerprint density at radius 3 is 2.78 bits per heavy atom. The van der Waals surface area contributed by atoms with Gasteiger partial charge in [0.1, 0.15) is 5.01 Å². The van der Waals surface area contributed by atoms with Gasteiger partial charge < -0.3 is 5.32 Å². The molecule has 0 aliphatic heterocycles. The van der Waals surface area contributed by atoms with Gasteiger partial charge in [-0.15, -0.1) is 11.3 Å². The zero-order chi connectivity index (χ0) is 13.4. The van der Waals surface area contributed by atoms with Crippen LogP contribution in [0.1, 0.15) is 30.5 Å². The standard InChI is InChI=1S/C11H21N3O2S2/c1-3-12-6-4-5-7-18(15,16)13-8-11-14-10(2)9-17-11/h9,12-13H,3-8H2,1-2H3. The Morgan fingerprint density at radius 1 is 1.39 bits per heavy atom. The van der Waals surface area contributed by atoms with Gasteiger partial charge in [-0.25, -0.2) is 18.1 Å². The van der Waals surface area contributed by atoms with Crippen molar-refractivity contribution in [2.75, 3.05) is 18.8 Å². The second-order valence-electron chi connectivity index (χ2n) is 4.08. The Balaban J connectivity index is 2.23. The predicted octanol–water partition coefficient (Wildman–Crippen LogP) is 1.26. The maximum Gasteiger partial charge on any atom is 0.211 e. The maximum absolute atomic E-state index is 11.7. The smallest absolute Gasteiger partial charge is 0.211 e. The van der Waals surface area contributed by atoms with E-state index in [1.807, 2.05) is 19.2 Å².